The van der Waals surface area contributed by atoms with Crippen LogP contribution in [0.25, 0.3) is 0 Å². The molecule has 0 aliphatic rings. The summed E-state index contributed by atoms with van der Waals surface area (Å²) in [6.45, 7) is 1.86. The molecule has 1 atom stereocenters. The van der Waals surface area contributed by atoms with Crippen molar-refractivity contribution >= 4 is 5.97 Å². The third kappa shape index (κ3) is 3.67. The van der Waals surface area contributed by atoms with Crippen LogP contribution in [0.1, 0.15) is 28.2 Å². The van der Waals surface area contributed by atoms with Crippen LogP contribution in [-0.2, 0) is 17.4 Å². The number of carboxylic acids is 1. The summed E-state index contributed by atoms with van der Waals surface area (Å²) in [5.74, 6) is -2.15. The molecule has 0 aromatic heterocycles. The summed E-state index contributed by atoms with van der Waals surface area (Å²) >= 11 is 0. The van der Waals surface area contributed by atoms with Crippen molar-refractivity contribution < 1.29 is 23.1 Å². The summed E-state index contributed by atoms with van der Waals surface area (Å²) in [7, 11) is 0. The molecule has 116 valence electrons. The number of rotatable bonds is 4. The van der Waals surface area contributed by atoms with E-state index in [1.165, 1.54) is 18.2 Å². The van der Waals surface area contributed by atoms with E-state index in [0.717, 1.165) is 11.6 Å². The van der Waals surface area contributed by atoms with Gasteiger partial charge in [-0.3, -0.25) is 4.79 Å². The number of aliphatic carboxylic acids is 1. The molecule has 0 spiro atoms. The van der Waals surface area contributed by atoms with E-state index in [1.54, 1.807) is 24.3 Å². The number of carboxylic acid groups (broad SMARTS) is 1. The molecule has 0 aliphatic carbocycles. The second-order valence-electron chi connectivity index (χ2n) is 5.16. The van der Waals surface area contributed by atoms with Gasteiger partial charge in [-0.2, -0.15) is 13.2 Å². The molecular formula is C17H15F3O2. The van der Waals surface area contributed by atoms with Gasteiger partial charge in [-0.25, -0.2) is 0 Å². The largest absolute Gasteiger partial charge is 0.481 e. The van der Waals surface area contributed by atoms with Gasteiger partial charge in [0.15, 0.2) is 0 Å². The molecular weight excluding hydrogens is 293 g/mol. The standard InChI is InChI=1S/C17H15F3O2/c1-11-6-8-12(9-7-11)14(16(21)22)10-13-4-2-3-5-15(13)17(18,19)20/h2-9,14H,10H2,1H3,(H,21,22). The predicted molar refractivity (Wildman–Crippen MR) is 76.7 cm³/mol. The fourth-order valence-electron chi connectivity index (χ4n) is 2.34. The number of aryl methyl sites for hydroxylation is 1. The number of alkyl halides is 3. The minimum absolute atomic E-state index is 0.0111. The van der Waals surface area contributed by atoms with Crippen LogP contribution >= 0.6 is 0 Å². The zero-order valence-corrected chi connectivity index (χ0v) is 11.9. The summed E-state index contributed by atoms with van der Waals surface area (Å²) < 4.78 is 39.0. The Hall–Kier alpha value is -2.30. The Morgan fingerprint density at radius 2 is 1.68 bits per heavy atom. The van der Waals surface area contributed by atoms with E-state index in [2.05, 4.69) is 0 Å². The molecule has 2 aromatic carbocycles. The molecule has 0 fully saturated rings. The highest BCUT2D eigenvalue weighted by Gasteiger charge is 2.34. The molecule has 1 N–H and O–H groups in total. The Balaban J connectivity index is 2.38. The zero-order valence-electron chi connectivity index (χ0n) is 11.9. The quantitative estimate of drug-likeness (QED) is 0.907. The van der Waals surface area contributed by atoms with Crippen molar-refractivity contribution in [1.29, 1.82) is 0 Å². The maximum Gasteiger partial charge on any atom is 0.416 e. The molecule has 0 aliphatic heterocycles. The number of benzene rings is 2. The smallest absolute Gasteiger partial charge is 0.416 e. The third-order valence-electron chi connectivity index (χ3n) is 3.52. The summed E-state index contributed by atoms with van der Waals surface area (Å²) in [6, 6.07) is 11.9. The lowest BCUT2D eigenvalue weighted by molar-refractivity contribution is -0.141. The maximum atomic E-state index is 13.0. The minimum atomic E-state index is -4.49. The molecule has 0 saturated heterocycles. The van der Waals surface area contributed by atoms with Gasteiger partial charge >= 0.3 is 12.1 Å². The Bertz CT molecular complexity index is 660. The Morgan fingerprint density at radius 3 is 2.23 bits per heavy atom. The molecule has 5 heteroatoms. The topological polar surface area (TPSA) is 37.3 Å². The fourth-order valence-corrected chi connectivity index (χ4v) is 2.34. The monoisotopic (exact) mass is 308 g/mol. The molecule has 2 aromatic rings. The fraction of sp³-hybridized carbons (Fsp3) is 0.235. The first-order valence-electron chi connectivity index (χ1n) is 6.73. The van der Waals surface area contributed by atoms with E-state index in [-0.39, 0.29) is 12.0 Å². The molecule has 22 heavy (non-hydrogen) atoms. The van der Waals surface area contributed by atoms with Crippen molar-refractivity contribution in [1.82, 2.24) is 0 Å². The van der Waals surface area contributed by atoms with Gasteiger partial charge in [-0.15, -0.1) is 0 Å². The second-order valence-corrected chi connectivity index (χ2v) is 5.16. The van der Waals surface area contributed by atoms with Crippen LogP contribution in [0, 0.1) is 6.92 Å². The molecule has 0 heterocycles. The lowest BCUT2D eigenvalue weighted by atomic mass is 9.89. The SMILES string of the molecule is Cc1ccc(C(Cc2ccccc2C(F)(F)F)C(=O)O)cc1. The molecule has 2 rings (SSSR count). The van der Waals surface area contributed by atoms with Crippen molar-refractivity contribution in [2.24, 2.45) is 0 Å². The average Bonchev–Trinajstić information content (AvgIpc) is 2.45. The predicted octanol–water partition coefficient (Wildman–Crippen LogP) is 4.42. The van der Waals surface area contributed by atoms with Crippen LogP contribution in [0.5, 0.6) is 0 Å². The molecule has 0 saturated carbocycles. The van der Waals surface area contributed by atoms with Gasteiger partial charge < -0.3 is 5.11 Å². The van der Waals surface area contributed by atoms with E-state index in [9.17, 15) is 23.1 Å². The highest BCUT2D eigenvalue weighted by atomic mass is 19.4. The molecule has 0 radical (unpaired) electrons. The van der Waals surface area contributed by atoms with Crippen LogP contribution in [0.4, 0.5) is 13.2 Å². The number of hydrogen-bond donors (Lipinski definition) is 1. The van der Waals surface area contributed by atoms with Crippen molar-refractivity contribution in [3.63, 3.8) is 0 Å². The normalized spacial score (nSPS) is 12.9. The van der Waals surface area contributed by atoms with Crippen molar-refractivity contribution in [2.45, 2.75) is 25.4 Å². The summed E-state index contributed by atoms with van der Waals surface area (Å²) in [5.41, 5.74) is 0.662. The molecule has 0 amide bonds. The Labute approximate surface area is 126 Å². The Kier molecular flexibility index (Phi) is 4.54. The van der Waals surface area contributed by atoms with E-state index in [4.69, 9.17) is 0 Å². The first kappa shape index (κ1) is 16.1. The van der Waals surface area contributed by atoms with Crippen LogP contribution in [0.2, 0.25) is 0 Å². The van der Waals surface area contributed by atoms with Crippen LogP contribution in [0.3, 0.4) is 0 Å². The first-order chi connectivity index (χ1) is 10.3. The van der Waals surface area contributed by atoms with Gasteiger partial charge in [0.25, 0.3) is 0 Å². The van der Waals surface area contributed by atoms with Crippen LogP contribution in [-0.4, -0.2) is 11.1 Å². The van der Waals surface area contributed by atoms with Crippen molar-refractivity contribution in [3.8, 4) is 0 Å². The average molecular weight is 308 g/mol. The van der Waals surface area contributed by atoms with Gasteiger partial charge in [0, 0.05) is 0 Å². The van der Waals surface area contributed by atoms with E-state index in [0.29, 0.717) is 5.56 Å². The molecule has 1 unspecified atom stereocenters. The van der Waals surface area contributed by atoms with E-state index < -0.39 is 23.6 Å². The van der Waals surface area contributed by atoms with Gasteiger partial charge in [-0.05, 0) is 30.5 Å². The zero-order chi connectivity index (χ0) is 16.3. The maximum absolute atomic E-state index is 13.0. The summed E-state index contributed by atoms with van der Waals surface area (Å²) in [6.07, 6.45) is -4.69. The highest BCUT2D eigenvalue weighted by molar-refractivity contribution is 5.76. The lowest BCUT2D eigenvalue weighted by Gasteiger charge is -2.17. The van der Waals surface area contributed by atoms with Gasteiger partial charge in [0.2, 0.25) is 0 Å². The van der Waals surface area contributed by atoms with E-state index >= 15 is 0 Å². The van der Waals surface area contributed by atoms with Gasteiger partial charge in [0.05, 0.1) is 11.5 Å². The van der Waals surface area contributed by atoms with Crippen LogP contribution in [0.15, 0.2) is 48.5 Å². The number of hydrogen-bond acceptors (Lipinski definition) is 1. The highest BCUT2D eigenvalue weighted by Crippen LogP contribution is 2.34. The molecule has 0 bridgehead atoms. The Morgan fingerprint density at radius 1 is 1.09 bits per heavy atom. The molecule has 2 nitrogen and oxygen atoms in total. The van der Waals surface area contributed by atoms with Crippen molar-refractivity contribution in [3.05, 3.63) is 70.8 Å². The third-order valence-corrected chi connectivity index (χ3v) is 3.52. The first-order valence-corrected chi connectivity index (χ1v) is 6.73. The lowest BCUT2D eigenvalue weighted by Crippen LogP contribution is -2.17. The van der Waals surface area contributed by atoms with Crippen LogP contribution < -0.4 is 0 Å². The number of halogens is 3. The van der Waals surface area contributed by atoms with Gasteiger partial charge in [-0.1, -0.05) is 48.0 Å². The summed E-state index contributed by atoms with van der Waals surface area (Å²) in [4.78, 5) is 11.5. The minimum Gasteiger partial charge on any atom is -0.481 e. The second kappa shape index (κ2) is 6.22. The van der Waals surface area contributed by atoms with E-state index in [1.807, 2.05) is 6.92 Å². The number of carbonyl (C=O) groups is 1. The van der Waals surface area contributed by atoms with Crippen molar-refractivity contribution in [2.75, 3.05) is 0 Å². The summed E-state index contributed by atoms with van der Waals surface area (Å²) in [5, 5.41) is 9.37. The van der Waals surface area contributed by atoms with Gasteiger partial charge in [0.1, 0.15) is 0 Å².